The smallest absolute Gasteiger partial charge is 0.144 e. The molecule has 106 valence electrons. The van der Waals surface area contributed by atoms with Gasteiger partial charge in [0.15, 0.2) is 0 Å². The highest BCUT2D eigenvalue weighted by Gasteiger charge is 2.13. The summed E-state index contributed by atoms with van der Waals surface area (Å²) >= 11 is 0. The minimum atomic E-state index is 0.615. The number of nitrogen functional groups attached to an aromatic ring is 1. The fourth-order valence-electron chi connectivity index (χ4n) is 2.34. The SMILES string of the molecule is CCOc1cccc(N(CC)c2cccc(C)c2)c1N. The van der Waals surface area contributed by atoms with Crippen molar-refractivity contribution in [3.05, 3.63) is 48.0 Å². The van der Waals surface area contributed by atoms with Crippen molar-refractivity contribution in [2.24, 2.45) is 0 Å². The molecule has 0 spiro atoms. The summed E-state index contributed by atoms with van der Waals surface area (Å²) in [5.74, 6) is 0.746. The summed E-state index contributed by atoms with van der Waals surface area (Å²) in [6.45, 7) is 7.64. The Morgan fingerprint density at radius 1 is 1.10 bits per heavy atom. The first kappa shape index (κ1) is 14.3. The minimum Gasteiger partial charge on any atom is -0.492 e. The Balaban J connectivity index is 2.44. The van der Waals surface area contributed by atoms with Gasteiger partial charge in [0.2, 0.25) is 0 Å². The molecule has 2 N–H and O–H groups in total. The lowest BCUT2D eigenvalue weighted by Gasteiger charge is -2.26. The molecule has 0 fully saturated rings. The van der Waals surface area contributed by atoms with Crippen LogP contribution in [0.15, 0.2) is 42.5 Å². The normalized spacial score (nSPS) is 10.3. The summed E-state index contributed by atoms with van der Waals surface area (Å²) in [6, 6.07) is 14.3. The van der Waals surface area contributed by atoms with Crippen LogP contribution in [-0.4, -0.2) is 13.2 Å². The summed E-state index contributed by atoms with van der Waals surface area (Å²) in [5, 5.41) is 0. The van der Waals surface area contributed by atoms with Gasteiger partial charge in [0, 0.05) is 12.2 Å². The Hall–Kier alpha value is -2.16. The van der Waals surface area contributed by atoms with E-state index in [0.29, 0.717) is 12.3 Å². The van der Waals surface area contributed by atoms with E-state index in [1.165, 1.54) is 5.56 Å². The zero-order valence-corrected chi connectivity index (χ0v) is 12.4. The number of hydrogen-bond donors (Lipinski definition) is 1. The molecule has 0 aromatic heterocycles. The van der Waals surface area contributed by atoms with E-state index < -0.39 is 0 Å². The van der Waals surface area contributed by atoms with Gasteiger partial charge >= 0.3 is 0 Å². The highest BCUT2D eigenvalue weighted by Crippen LogP contribution is 2.36. The van der Waals surface area contributed by atoms with Gasteiger partial charge in [-0.15, -0.1) is 0 Å². The fourth-order valence-corrected chi connectivity index (χ4v) is 2.34. The van der Waals surface area contributed by atoms with E-state index in [9.17, 15) is 0 Å². The molecule has 0 bridgehead atoms. The lowest BCUT2D eigenvalue weighted by Crippen LogP contribution is -2.18. The van der Waals surface area contributed by atoms with Crippen molar-refractivity contribution in [3.8, 4) is 5.75 Å². The molecule has 2 aromatic rings. The third-order valence-electron chi connectivity index (χ3n) is 3.26. The maximum atomic E-state index is 6.25. The van der Waals surface area contributed by atoms with Crippen molar-refractivity contribution < 1.29 is 4.74 Å². The monoisotopic (exact) mass is 270 g/mol. The van der Waals surface area contributed by atoms with Crippen molar-refractivity contribution in [3.63, 3.8) is 0 Å². The van der Waals surface area contributed by atoms with Crippen LogP contribution in [0.4, 0.5) is 17.1 Å². The molecule has 0 atom stereocenters. The predicted molar refractivity (Wildman–Crippen MR) is 85.9 cm³/mol. The van der Waals surface area contributed by atoms with E-state index >= 15 is 0 Å². The maximum Gasteiger partial charge on any atom is 0.144 e. The second kappa shape index (κ2) is 6.33. The van der Waals surface area contributed by atoms with Gasteiger partial charge in [-0.3, -0.25) is 0 Å². The summed E-state index contributed by atoms with van der Waals surface area (Å²) in [6.07, 6.45) is 0. The Labute approximate surface area is 121 Å². The van der Waals surface area contributed by atoms with E-state index in [-0.39, 0.29) is 0 Å². The molecule has 3 nitrogen and oxygen atoms in total. The van der Waals surface area contributed by atoms with Gasteiger partial charge < -0.3 is 15.4 Å². The molecule has 20 heavy (non-hydrogen) atoms. The molecular formula is C17H22N2O. The first-order valence-corrected chi connectivity index (χ1v) is 7.02. The standard InChI is InChI=1S/C17H22N2O/c1-4-19(14-9-6-8-13(3)12-14)15-10-7-11-16(17(15)18)20-5-2/h6-12H,4-5,18H2,1-3H3. The van der Waals surface area contributed by atoms with Crippen LogP contribution >= 0.6 is 0 Å². The molecule has 0 aliphatic carbocycles. The average molecular weight is 270 g/mol. The quantitative estimate of drug-likeness (QED) is 0.830. The van der Waals surface area contributed by atoms with Crippen LogP contribution in [-0.2, 0) is 0 Å². The van der Waals surface area contributed by atoms with Crippen LogP contribution in [0.1, 0.15) is 19.4 Å². The number of aryl methyl sites for hydroxylation is 1. The number of hydrogen-bond acceptors (Lipinski definition) is 3. The Morgan fingerprint density at radius 2 is 1.85 bits per heavy atom. The summed E-state index contributed by atoms with van der Waals surface area (Å²) in [5.41, 5.74) is 10.3. The number of anilines is 3. The Kier molecular flexibility index (Phi) is 4.51. The molecule has 0 radical (unpaired) electrons. The van der Waals surface area contributed by atoms with E-state index in [4.69, 9.17) is 10.5 Å². The van der Waals surface area contributed by atoms with E-state index in [1.807, 2.05) is 25.1 Å². The lowest BCUT2D eigenvalue weighted by molar-refractivity contribution is 0.342. The number of benzene rings is 2. The lowest BCUT2D eigenvalue weighted by atomic mass is 10.1. The van der Waals surface area contributed by atoms with Gasteiger partial charge in [-0.05, 0) is 50.6 Å². The van der Waals surface area contributed by atoms with Crippen molar-refractivity contribution >= 4 is 17.1 Å². The van der Waals surface area contributed by atoms with Gasteiger partial charge in [-0.2, -0.15) is 0 Å². The zero-order chi connectivity index (χ0) is 14.5. The molecule has 3 heteroatoms. The number of rotatable bonds is 5. The molecule has 0 aliphatic heterocycles. The van der Waals surface area contributed by atoms with Crippen molar-refractivity contribution in [2.75, 3.05) is 23.8 Å². The number of para-hydroxylation sites is 1. The van der Waals surface area contributed by atoms with Crippen LogP contribution in [0.2, 0.25) is 0 Å². The van der Waals surface area contributed by atoms with E-state index in [2.05, 4.69) is 43.0 Å². The second-order valence-electron chi connectivity index (χ2n) is 4.71. The first-order chi connectivity index (χ1) is 9.67. The summed E-state index contributed by atoms with van der Waals surface area (Å²) < 4.78 is 5.58. The minimum absolute atomic E-state index is 0.615. The molecule has 0 saturated carbocycles. The van der Waals surface area contributed by atoms with Gasteiger partial charge in [0.1, 0.15) is 5.75 Å². The number of nitrogens with two attached hydrogens (primary N) is 1. The number of ether oxygens (including phenoxy) is 1. The average Bonchev–Trinajstić information content (AvgIpc) is 2.44. The largest absolute Gasteiger partial charge is 0.492 e. The molecular weight excluding hydrogens is 248 g/mol. The van der Waals surface area contributed by atoms with E-state index in [1.54, 1.807) is 0 Å². The number of nitrogens with zero attached hydrogens (tertiary/aromatic N) is 1. The van der Waals surface area contributed by atoms with Crippen LogP contribution in [0.25, 0.3) is 0 Å². The zero-order valence-electron chi connectivity index (χ0n) is 12.4. The molecule has 2 aromatic carbocycles. The van der Waals surface area contributed by atoms with Gasteiger partial charge in [-0.25, -0.2) is 0 Å². The molecule has 0 heterocycles. The van der Waals surface area contributed by atoms with E-state index in [0.717, 1.165) is 23.7 Å². The highest BCUT2D eigenvalue weighted by atomic mass is 16.5. The van der Waals surface area contributed by atoms with Crippen LogP contribution < -0.4 is 15.4 Å². The van der Waals surface area contributed by atoms with Crippen LogP contribution in [0, 0.1) is 6.92 Å². The molecule has 0 unspecified atom stereocenters. The van der Waals surface area contributed by atoms with Gasteiger partial charge in [-0.1, -0.05) is 18.2 Å². The van der Waals surface area contributed by atoms with Crippen LogP contribution in [0.3, 0.4) is 0 Å². The van der Waals surface area contributed by atoms with Gasteiger partial charge in [0.25, 0.3) is 0 Å². The molecule has 0 saturated heterocycles. The third kappa shape index (κ3) is 2.87. The Morgan fingerprint density at radius 3 is 2.50 bits per heavy atom. The second-order valence-corrected chi connectivity index (χ2v) is 4.71. The highest BCUT2D eigenvalue weighted by molar-refractivity contribution is 5.79. The first-order valence-electron chi connectivity index (χ1n) is 7.02. The Bertz CT molecular complexity index is 581. The van der Waals surface area contributed by atoms with Crippen LogP contribution in [0.5, 0.6) is 5.75 Å². The summed E-state index contributed by atoms with van der Waals surface area (Å²) in [4.78, 5) is 2.20. The van der Waals surface area contributed by atoms with Crippen molar-refractivity contribution in [1.82, 2.24) is 0 Å². The topological polar surface area (TPSA) is 38.5 Å². The predicted octanol–water partition coefficient (Wildman–Crippen LogP) is 4.13. The fraction of sp³-hybridized carbons (Fsp3) is 0.294. The molecule has 2 rings (SSSR count). The van der Waals surface area contributed by atoms with Crippen molar-refractivity contribution in [1.29, 1.82) is 0 Å². The summed E-state index contributed by atoms with van der Waals surface area (Å²) in [7, 11) is 0. The van der Waals surface area contributed by atoms with Gasteiger partial charge in [0.05, 0.1) is 18.0 Å². The maximum absolute atomic E-state index is 6.25. The molecule has 0 amide bonds. The van der Waals surface area contributed by atoms with Crippen molar-refractivity contribution in [2.45, 2.75) is 20.8 Å². The molecule has 0 aliphatic rings. The third-order valence-corrected chi connectivity index (χ3v) is 3.26.